The van der Waals surface area contributed by atoms with E-state index in [2.05, 4.69) is 22.4 Å². The summed E-state index contributed by atoms with van der Waals surface area (Å²) < 4.78 is 0. The molecule has 0 aliphatic carbocycles. The molecule has 3 N–H and O–H groups in total. The molecule has 11 heavy (non-hydrogen) atoms. The minimum absolute atomic E-state index is 0.447. The summed E-state index contributed by atoms with van der Waals surface area (Å²) in [5.41, 5.74) is 4.89. The Hall–Kier alpha value is -1.03. The van der Waals surface area contributed by atoms with Crippen LogP contribution in [-0.2, 0) is 0 Å². The fourth-order valence-electron chi connectivity index (χ4n) is 1.04. The smallest absolute Gasteiger partial charge is 0.312 e. The number of nitrogens with two attached hydrogens (primary N) is 1. The van der Waals surface area contributed by atoms with Gasteiger partial charge in [0.05, 0.1) is 0 Å². The summed E-state index contributed by atoms with van der Waals surface area (Å²) in [5.74, 6) is 0. The topological polar surface area (TPSA) is 58.4 Å². The molecule has 1 heterocycles. The average Bonchev–Trinajstić information content (AvgIpc) is 2.39. The van der Waals surface area contributed by atoms with Crippen LogP contribution < -0.4 is 11.1 Å². The Morgan fingerprint density at radius 2 is 2.18 bits per heavy atom. The molecule has 0 aromatic carbocycles. The maximum atomic E-state index is 10.3. The standard InChI is InChI=1S/C7H13N3O/c8-7(11)9-3-6-10-4-1-2-5-10/h1-2H,3-6H2,(H3,8,9,11). The second kappa shape index (κ2) is 3.98. The third kappa shape index (κ3) is 3.04. The van der Waals surface area contributed by atoms with Gasteiger partial charge in [-0.25, -0.2) is 4.79 Å². The Balaban J connectivity index is 1.99. The van der Waals surface area contributed by atoms with Gasteiger partial charge in [0.2, 0.25) is 0 Å². The van der Waals surface area contributed by atoms with Crippen LogP contribution in [0.25, 0.3) is 0 Å². The maximum absolute atomic E-state index is 10.3. The zero-order valence-electron chi connectivity index (χ0n) is 6.42. The number of primary amides is 1. The molecule has 1 aliphatic heterocycles. The lowest BCUT2D eigenvalue weighted by Gasteiger charge is -2.13. The van der Waals surface area contributed by atoms with Crippen molar-refractivity contribution in [3.8, 4) is 0 Å². The number of hydrogen-bond acceptors (Lipinski definition) is 2. The van der Waals surface area contributed by atoms with Gasteiger partial charge in [-0.2, -0.15) is 0 Å². The quantitative estimate of drug-likeness (QED) is 0.541. The van der Waals surface area contributed by atoms with Crippen LogP contribution in [0.1, 0.15) is 0 Å². The highest BCUT2D eigenvalue weighted by molar-refractivity contribution is 5.71. The molecule has 62 valence electrons. The molecule has 0 atom stereocenters. The van der Waals surface area contributed by atoms with E-state index in [0.29, 0.717) is 6.54 Å². The van der Waals surface area contributed by atoms with Crippen LogP contribution in [0.5, 0.6) is 0 Å². The molecule has 0 unspecified atom stereocenters. The summed E-state index contributed by atoms with van der Waals surface area (Å²) in [6, 6.07) is -0.447. The minimum Gasteiger partial charge on any atom is -0.352 e. The van der Waals surface area contributed by atoms with E-state index in [-0.39, 0.29) is 0 Å². The van der Waals surface area contributed by atoms with Gasteiger partial charge in [-0.1, -0.05) is 12.2 Å². The van der Waals surface area contributed by atoms with Crippen molar-refractivity contribution in [2.75, 3.05) is 26.2 Å². The first-order chi connectivity index (χ1) is 5.29. The fourth-order valence-corrected chi connectivity index (χ4v) is 1.04. The van der Waals surface area contributed by atoms with E-state index >= 15 is 0 Å². The molecule has 0 saturated carbocycles. The molecule has 0 aromatic rings. The predicted molar refractivity (Wildman–Crippen MR) is 43.2 cm³/mol. The summed E-state index contributed by atoms with van der Waals surface area (Å²) in [6.07, 6.45) is 4.23. The number of nitrogens with zero attached hydrogens (tertiary/aromatic N) is 1. The van der Waals surface area contributed by atoms with Gasteiger partial charge in [-0.05, 0) is 0 Å². The van der Waals surface area contributed by atoms with Gasteiger partial charge in [0.1, 0.15) is 0 Å². The molecular weight excluding hydrogens is 142 g/mol. The van der Waals surface area contributed by atoms with Crippen molar-refractivity contribution >= 4 is 6.03 Å². The lowest BCUT2D eigenvalue weighted by atomic mass is 10.5. The largest absolute Gasteiger partial charge is 0.352 e. The van der Waals surface area contributed by atoms with Gasteiger partial charge in [-0.15, -0.1) is 0 Å². The van der Waals surface area contributed by atoms with Crippen molar-refractivity contribution in [3.63, 3.8) is 0 Å². The Morgan fingerprint density at radius 3 is 2.73 bits per heavy atom. The van der Waals surface area contributed by atoms with Crippen LogP contribution in [0.3, 0.4) is 0 Å². The maximum Gasteiger partial charge on any atom is 0.312 e. The molecule has 1 aliphatic rings. The van der Waals surface area contributed by atoms with Crippen LogP contribution in [-0.4, -0.2) is 37.1 Å². The summed E-state index contributed by atoms with van der Waals surface area (Å²) >= 11 is 0. The monoisotopic (exact) mass is 155 g/mol. The van der Waals surface area contributed by atoms with E-state index in [1.807, 2.05) is 0 Å². The molecule has 0 bridgehead atoms. The molecule has 0 aromatic heterocycles. The van der Waals surface area contributed by atoms with Crippen LogP contribution in [0.4, 0.5) is 4.79 Å². The van der Waals surface area contributed by atoms with Crippen LogP contribution >= 0.6 is 0 Å². The molecule has 1 rings (SSSR count). The second-order valence-electron chi connectivity index (χ2n) is 2.52. The first kappa shape index (κ1) is 8.07. The number of rotatable bonds is 3. The van der Waals surface area contributed by atoms with Crippen LogP contribution in [0.15, 0.2) is 12.2 Å². The van der Waals surface area contributed by atoms with Gasteiger partial charge < -0.3 is 11.1 Å². The number of amides is 2. The number of nitrogens with one attached hydrogen (secondary N) is 1. The Morgan fingerprint density at radius 1 is 1.55 bits per heavy atom. The SMILES string of the molecule is NC(=O)NCCN1CC=CC1. The van der Waals surface area contributed by atoms with E-state index in [4.69, 9.17) is 5.73 Å². The van der Waals surface area contributed by atoms with Gasteiger partial charge in [0.25, 0.3) is 0 Å². The Labute approximate surface area is 66.0 Å². The molecule has 0 radical (unpaired) electrons. The molecule has 0 fully saturated rings. The van der Waals surface area contributed by atoms with Crippen LogP contribution in [0, 0.1) is 0 Å². The minimum atomic E-state index is -0.447. The molecule has 0 saturated heterocycles. The van der Waals surface area contributed by atoms with Crippen LogP contribution in [0.2, 0.25) is 0 Å². The summed E-state index contributed by atoms with van der Waals surface area (Å²) in [6.45, 7) is 3.48. The third-order valence-corrected chi connectivity index (χ3v) is 1.62. The van der Waals surface area contributed by atoms with E-state index in [9.17, 15) is 4.79 Å². The molecule has 0 spiro atoms. The highest BCUT2D eigenvalue weighted by Gasteiger charge is 2.04. The van der Waals surface area contributed by atoms with Crippen molar-refractivity contribution in [2.24, 2.45) is 5.73 Å². The lowest BCUT2D eigenvalue weighted by Crippen LogP contribution is -2.36. The summed E-state index contributed by atoms with van der Waals surface area (Å²) in [4.78, 5) is 12.5. The van der Waals surface area contributed by atoms with Crippen molar-refractivity contribution in [1.82, 2.24) is 10.2 Å². The first-order valence-electron chi connectivity index (χ1n) is 3.69. The number of hydrogen-bond donors (Lipinski definition) is 2. The molecular formula is C7H13N3O. The molecule has 2 amide bonds. The normalized spacial score (nSPS) is 17.1. The highest BCUT2D eigenvalue weighted by Crippen LogP contribution is 1.95. The zero-order valence-corrected chi connectivity index (χ0v) is 6.42. The average molecular weight is 155 g/mol. The molecule has 4 heteroatoms. The number of carbonyl (C=O) groups is 1. The van der Waals surface area contributed by atoms with Gasteiger partial charge in [-0.3, -0.25) is 4.90 Å². The Kier molecular flexibility index (Phi) is 2.92. The van der Waals surface area contributed by atoms with Gasteiger partial charge >= 0.3 is 6.03 Å². The van der Waals surface area contributed by atoms with E-state index in [1.54, 1.807) is 0 Å². The van der Waals surface area contributed by atoms with Crippen molar-refractivity contribution in [3.05, 3.63) is 12.2 Å². The fraction of sp³-hybridized carbons (Fsp3) is 0.571. The van der Waals surface area contributed by atoms with Crippen molar-refractivity contribution in [2.45, 2.75) is 0 Å². The number of urea groups is 1. The highest BCUT2D eigenvalue weighted by atomic mass is 16.2. The zero-order chi connectivity index (χ0) is 8.10. The Bertz CT molecular complexity index is 159. The number of carbonyl (C=O) groups excluding carboxylic acids is 1. The second-order valence-corrected chi connectivity index (χ2v) is 2.52. The molecule has 4 nitrogen and oxygen atoms in total. The predicted octanol–water partition coefficient (Wildman–Crippen LogP) is -0.474. The van der Waals surface area contributed by atoms with Crippen molar-refractivity contribution < 1.29 is 4.79 Å². The van der Waals surface area contributed by atoms with Gasteiger partial charge in [0.15, 0.2) is 0 Å². The first-order valence-corrected chi connectivity index (χ1v) is 3.69. The van der Waals surface area contributed by atoms with E-state index in [0.717, 1.165) is 19.6 Å². The lowest BCUT2D eigenvalue weighted by molar-refractivity contribution is 0.246. The van der Waals surface area contributed by atoms with E-state index in [1.165, 1.54) is 0 Å². The summed E-state index contributed by atoms with van der Waals surface area (Å²) in [5, 5.41) is 2.54. The third-order valence-electron chi connectivity index (χ3n) is 1.62. The van der Waals surface area contributed by atoms with E-state index < -0.39 is 6.03 Å². The summed E-state index contributed by atoms with van der Waals surface area (Å²) in [7, 11) is 0. The van der Waals surface area contributed by atoms with Crippen molar-refractivity contribution in [1.29, 1.82) is 0 Å². The van der Waals surface area contributed by atoms with Gasteiger partial charge in [0, 0.05) is 26.2 Å².